The Morgan fingerprint density at radius 2 is 1.19 bits per heavy atom. The van der Waals surface area contributed by atoms with Gasteiger partial charge in [-0.3, -0.25) is 0 Å². The van der Waals surface area contributed by atoms with Crippen molar-refractivity contribution in [3.05, 3.63) is 47.5 Å². The zero-order chi connectivity index (χ0) is 15.7. The van der Waals surface area contributed by atoms with E-state index >= 15 is 0 Å². The smallest absolute Gasteiger partial charge is 0.174 e. The summed E-state index contributed by atoms with van der Waals surface area (Å²) >= 11 is 4.29. The number of hydrogen-bond acceptors (Lipinski definition) is 4. The lowest BCUT2D eigenvalue weighted by Gasteiger charge is -2.06. The topological polar surface area (TPSA) is 34.1 Å². The lowest BCUT2D eigenvalue weighted by molar-refractivity contribution is 0.521. The van der Waals surface area contributed by atoms with Gasteiger partial charge in [-0.2, -0.15) is 0 Å². The predicted molar refractivity (Wildman–Crippen MR) is 72.7 cm³/mol. The van der Waals surface area contributed by atoms with Gasteiger partial charge in [0.15, 0.2) is 10.7 Å². The molecular weight excluding hydrogens is 348 g/mol. The maximum Gasteiger partial charge on any atom is 0.174 e. The van der Waals surface area contributed by atoms with Gasteiger partial charge in [0.05, 0.1) is 4.90 Å². The molecule has 0 fully saturated rings. The fraction of sp³-hybridized carbons (Fsp3) is 0. The molecule has 0 saturated carbocycles. The monoisotopic (exact) mass is 354 g/mol. The maximum absolute atomic E-state index is 13.5. The molecule has 0 N–H and O–H groups in total. The number of halogens is 4. The van der Waals surface area contributed by atoms with Gasteiger partial charge in [-0.1, -0.05) is 11.8 Å². The molecule has 0 aliphatic carbocycles. The molecule has 0 saturated heterocycles. The number of thiol groups is 2. The van der Waals surface area contributed by atoms with E-state index in [9.17, 15) is 26.0 Å². The van der Waals surface area contributed by atoms with Crippen molar-refractivity contribution in [2.45, 2.75) is 19.6 Å². The summed E-state index contributed by atoms with van der Waals surface area (Å²) in [6.07, 6.45) is 0. The first-order valence-electron chi connectivity index (χ1n) is 5.29. The Hall–Kier alpha value is -1.19. The summed E-state index contributed by atoms with van der Waals surface area (Å²) in [6, 6.07) is 3.46. The molecule has 21 heavy (non-hydrogen) atoms. The highest BCUT2D eigenvalue weighted by molar-refractivity contribution is 7.99. The van der Waals surface area contributed by atoms with Gasteiger partial charge in [-0.05, 0) is 24.3 Å². The second-order valence-corrected chi connectivity index (χ2v) is 6.39. The van der Waals surface area contributed by atoms with E-state index in [1.54, 1.807) is 0 Å². The lowest BCUT2D eigenvalue weighted by atomic mass is 10.3. The first-order valence-corrected chi connectivity index (χ1v) is 7.73. The van der Waals surface area contributed by atoms with E-state index in [1.165, 1.54) is 0 Å². The van der Waals surface area contributed by atoms with Crippen LogP contribution < -0.4 is 0 Å². The second kappa shape index (κ2) is 6.29. The van der Waals surface area contributed by atoms with E-state index in [1.807, 2.05) is 0 Å². The van der Waals surface area contributed by atoms with E-state index < -0.39 is 43.8 Å². The first kappa shape index (κ1) is 16.2. The van der Waals surface area contributed by atoms with Gasteiger partial charge in [-0.25, -0.2) is 26.0 Å². The van der Waals surface area contributed by atoms with Crippen LogP contribution in [-0.2, 0) is 10.7 Å². The summed E-state index contributed by atoms with van der Waals surface area (Å²) in [6.45, 7) is 0. The Bertz CT molecular complexity index is 736. The van der Waals surface area contributed by atoms with Crippen LogP contribution in [0.25, 0.3) is 0 Å². The van der Waals surface area contributed by atoms with E-state index in [2.05, 4.69) is 12.6 Å². The molecule has 0 spiro atoms. The molecule has 0 aliphatic heterocycles. The highest BCUT2D eigenvalue weighted by atomic mass is 32.2. The summed E-state index contributed by atoms with van der Waals surface area (Å²) in [7, 11) is -3.41. The highest BCUT2D eigenvalue weighted by Gasteiger charge is 2.15. The zero-order valence-electron chi connectivity index (χ0n) is 9.94. The summed E-state index contributed by atoms with van der Waals surface area (Å²) < 4.78 is 75.0. The summed E-state index contributed by atoms with van der Waals surface area (Å²) in [4.78, 5) is -1.48. The first-order chi connectivity index (χ1) is 9.79. The number of hydrogen-bond donors (Lipinski definition) is 2. The largest absolute Gasteiger partial charge is 0.227 e. The summed E-state index contributed by atoms with van der Waals surface area (Å²) in [5, 5.41) is 0. The van der Waals surface area contributed by atoms with Crippen molar-refractivity contribution in [3.63, 3.8) is 0 Å². The van der Waals surface area contributed by atoms with Crippen LogP contribution in [0.1, 0.15) is 0 Å². The SMILES string of the molecule is O=[SH](=O)c1c(F)cc(Sc2cc(F)c(S)c(F)c2)cc1F. The second-order valence-electron chi connectivity index (χ2n) is 3.83. The number of benzene rings is 2. The fourth-order valence-electron chi connectivity index (χ4n) is 1.51. The number of rotatable bonds is 3. The molecule has 0 aliphatic rings. The molecule has 0 heterocycles. The predicted octanol–water partition coefficient (Wildman–Crippen LogP) is 3.65. The van der Waals surface area contributed by atoms with Crippen LogP contribution >= 0.6 is 24.4 Å². The normalized spacial score (nSPS) is 11.1. The molecule has 2 nitrogen and oxygen atoms in total. The van der Waals surface area contributed by atoms with Crippen molar-refractivity contribution in [2.24, 2.45) is 0 Å². The van der Waals surface area contributed by atoms with Crippen molar-refractivity contribution in [1.82, 2.24) is 0 Å². The zero-order valence-corrected chi connectivity index (χ0v) is 12.5. The molecule has 0 radical (unpaired) electrons. The van der Waals surface area contributed by atoms with E-state index in [4.69, 9.17) is 0 Å². The van der Waals surface area contributed by atoms with Crippen LogP contribution in [-0.4, -0.2) is 8.42 Å². The van der Waals surface area contributed by atoms with Crippen molar-refractivity contribution in [2.75, 3.05) is 0 Å². The molecule has 0 amide bonds. The third kappa shape index (κ3) is 3.53. The maximum atomic E-state index is 13.5. The third-order valence-electron chi connectivity index (χ3n) is 2.40. The van der Waals surface area contributed by atoms with Gasteiger partial charge in [-0.15, -0.1) is 12.6 Å². The Morgan fingerprint density at radius 1 is 0.810 bits per heavy atom. The van der Waals surface area contributed by atoms with E-state index in [-0.39, 0.29) is 9.79 Å². The average molecular weight is 354 g/mol. The van der Waals surface area contributed by atoms with Crippen LogP contribution in [0.4, 0.5) is 17.6 Å². The van der Waals surface area contributed by atoms with Crippen LogP contribution in [0.15, 0.2) is 43.8 Å². The molecule has 2 rings (SSSR count). The van der Waals surface area contributed by atoms with E-state index in [0.29, 0.717) is 11.8 Å². The van der Waals surface area contributed by atoms with Crippen LogP contribution in [0.5, 0.6) is 0 Å². The molecule has 0 unspecified atom stereocenters. The molecule has 0 bridgehead atoms. The average Bonchev–Trinajstić information content (AvgIpc) is 2.34. The van der Waals surface area contributed by atoms with Gasteiger partial charge in [0.25, 0.3) is 0 Å². The third-order valence-corrected chi connectivity index (χ3v) is 4.56. The van der Waals surface area contributed by atoms with Crippen molar-refractivity contribution >= 4 is 35.1 Å². The molecule has 2 aromatic rings. The molecule has 9 heteroatoms. The van der Waals surface area contributed by atoms with Gasteiger partial charge in [0, 0.05) is 9.79 Å². The van der Waals surface area contributed by atoms with Crippen LogP contribution in [0.3, 0.4) is 0 Å². The van der Waals surface area contributed by atoms with Gasteiger partial charge in [0.2, 0.25) is 0 Å². The molecule has 0 atom stereocenters. The summed E-state index contributed by atoms with van der Waals surface area (Å²) in [5.41, 5.74) is 0. The van der Waals surface area contributed by atoms with Crippen LogP contribution in [0.2, 0.25) is 0 Å². The van der Waals surface area contributed by atoms with Gasteiger partial charge in [0.1, 0.15) is 28.2 Å². The minimum absolute atomic E-state index is 0.0312. The Balaban J connectivity index is 2.41. The quantitative estimate of drug-likeness (QED) is 0.652. The van der Waals surface area contributed by atoms with Gasteiger partial charge < -0.3 is 0 Å². The van der Waals surface area contributed by atoms with E-state index in [0.717, 1.165) is 24.3 Å². The highest BCUT2D eigenvalue weighted by Crippen LogP contribution is 2.33. The fourth-order valence-corrected chi connectivity index (χ4v) is 3.04. The minimum Gasteiger partial charge on any atom is -0.227 e. The van der Waals surface area contributed by atoms with Crippen LogP contribution in [0, 0.1) is 23.3 Å². The minimum atomic E-state index is -3.41. The van der Waals surface area contributed by atoms with Gasteiger partial charge >= 0.3 is 0 Å². The summed E-state index contributed by atoms with van der Waals surface area (Å²) in [5.74, 6) is -4.36. The molecule has 112 valence electrons. The molecule has 0 aromatic heterocycles. The lowest BCUT2D eigenvalue weighted by Crippen LogP contribution is -1.94. The Kier molecular flexibility index (Phi) is 4.84. The molecular formula is C12H6F4O2S3. The van der Waals surface area contributed by atoms with Crippen molar-refractivity contribution < 1.29 is 26.0 Å². The standard InChI is InChI=1S/C12H6F4O2S3/c13-7-1-5(2-8(14)11(7)19)20-6-3-9(15)12(21(17)18)10(16)4-6/h1-4,19,21H. The Labute approximate surface area is 128 Å². The molecule has 2 aromatic carbocycles. The van der Waals surface area contributed by atoms with Crippen molar-refractivity contribution in [3.8, 4) is 0 Å². The van der Waals surface area contributed by atoms with Crippen molar-refractivity contribution in [1.29, 1.82) is 0 Å². The Morgan fingerprint density at radius 3 is 1.57 bits per heavy atom.